The fourth-order valence-corrected chi connectivity index (χ4v) is 2.48. The number of nitrogen functional groups attached to an aromatic ring is 1. The number of ether oxygens (including phenoxy) is 1. The quantitative estimate of drug-likeness (QED) is 0.427. The molecule has 1 aromatic rings. The van der Waals surface area contributed by atoms with Crippen LogP contribution in [0, 0.1) is 10.1 Å². The Bertz CT molecular complexity index is 466. The highest BCUT2D eigenvalue weighted by Crippen LogP contribution is 2.34. The number of nitro benzene ring substituents is 1. The van der Waals surface area contributed by atoms with E-state index in [2.05, 4.69) is 10.7 Å². The molecular formula is C12H18N4O3. The molecule has 1 aromatic carbocycles. The van der Waals surface area contributed by atoms with Gasteiger partial charge in [0.1, 0.15) is 11.4 Å². The number of hydrogen-bond acceptors (Lipinski definition) is 6. The summed E-state index contributed by atoms with van der Waals surface area (Å²) in [6, 6.07) is 5.19. The Morgan fingerprint density at radius 3 is 2.74 bits per heavy atom. The normalized spacial score (nSPS) is 22.2. The lowest BCUT2D eigenvalue weighted by molar-refractivity contribution is -0.383. The second kappa shape index (κ2) is 5.85. The van der Waals surface area contributed by atoms with Crippen molar-refractivity contribution in [1.29, 1.82) is 0 Å². The SMILES string of the molecule is COC1CCC(Nc2cccc(NN)c2[N+](=O)[O-])C1. The van der Waals surface area contributed by atoms with Gasteiger partial charge in [0.05, 0.1) is 11.0 Å². The van der Waals surface area contributed by atoms with Crippen LogP contribution in [0.15, 0.2) is 18.2 Å². The molecule has 0 amide bonds. The first-order valence-corrected chi connectivity index (χ1v) is 6.19. The topological polar surface area (TPSA) is 102 Å². The second-order valence-corrected chi connectivity index (χ2v) is 4.62. The highest BCUT2D eigenvalue weighted by molar-refractivity contribution is 5.76. The molecule has 104 valence electrons. The fourth-order valence-electron chi connectivity index (χ4n) is 2.48. The maximum absolute atomic E-state index is 11.1. The third-order valence-corrected chi connectivity index (χ3v) is 3.45. The van der Waals surface area contributed by atoms with E-state index >= 15 is 0 Å². The van der Waals surface area contributed by atoms with Gasteiger partial charge in [0.2, 0.25) is 0 Å². The number of nitrogens with zero attached hydrogens (tertiary/aromatic N) is 1. The van der Waals surface area contributed by atoms with Crippen molar-refractivity contribution >= 4 is 17.1 Å². The van der Waals surface area contributed by atoms with E-state index in [0.29, 0.717) is 11.4 Å². The molecule has 4 N–H and O–H groups in total. The zero-order valence-electron chi connectivity index (χ0n) is 10.8. The number of hydrazine groups is 1. The summed E-state index contributed by atoms with van der Waals surface area (Å²) in [5.74, 6) is 5.31. The standard InChI is InChI=1S/C12H18N4O3/c1-19-9-6-5-8(7-9)14-10-3-2-4-11(15-13)12(10)16(17)18/h2-4,8-9,14-15H,5-7,13H2,1H3. The van der Waals surface area contributed by atoms with Crippen LogP contribution in [0.25, 0.3) is 0 Å². The van der Waals surface area contributed by atoms with Crippen LogP contribution < -0.4 is 16.6 Å². The number of nitrogens with one attached hydrogen (secondary N) is 2. The third-order valence-electron chi connectivity index (χ3n) is 3.45. The summed E-state index contributed by atoms with van der Waals surface area (Å²) in [4.78, 5) is 10.7. The molecular weight excluding hydrogens is 248 g/mol. The Labute approximate surface area is 111 Å². The summed E-state index contributed by atoms with van der Waals surface area (Å²) >= 11 is 0. The minimum atomic E-state index is -0.430. The molecule has 7 nitrogen and oxygen atoms in total. The number of nitro groups is 1. The molecule has 1 fully saturated rings. The molecule has 0 heterocycles. The van der Waals surface area contributed by atoms with Gasteiger partial charge in [-0.2, -0.15) is 0 Å². The van der Waals surface area contributed by atoms with E-state index in [1.54, 1.807) is 25.3 Å². The Balaban J connectivity index is 2.18. The van der Waals surface area contributed by atoms with Gasteiger partial charge in [0, 0.05) is 13.2 Å². The number of nitrogens with two attached hydrogens (primary N) is 1. The third kappa shape index (κ3) is 2.94. The average molecular weight is 266 g/mol. The van der Waals surface area contributed by atoms with Gasteiger partial charge < -0.3 is 15.5 Å². The lowest BCUT2D eigenvalue weighted by Crippen LogP contribution is -2.19. The molecule has 19 heavy (non-hydrogen) atoms. The summed E-state index contributed by atoms with van der Waals surface area (Å²) < 4.78 is 5.30. The van der Waals surface area contributed by atoms with E-state index in [1.165, 1.54) is 0 Å². The van der Waals surface area contributed by atoms with Crippen molar-refractivity contribution in [2.24, 2.45) is 5.84 Å². The minimum Gasteiger partial charge on any atom is -0.381 e. The predicted octanol–water partition coefficient (Wildman–Crippen LogP) is 1.86. The molecule has 0 spiro atoms. The zero-order chi connectivity index (χ0) is 13.8. The fraction of sp³-hybridized carbons (Fsp3) is 0.500. The first kappa shape index (κ1) is 13.6. The second-order valence-electron chi connectivity index (χ2n) is 4.62. The van der Waals surface area contributed by atoms with Crippen molar-refractivity contribution in [3.8, 4) is 0 Å². The molecule has 0 aliphatic heterocycles. The van der Waals surface area contributed by atoms with Gasteiger partial charge in [-0.15, -0.1) is 0 Å². The first-order chi connectivity index (χ1) is 9.15. The van der Waals surface area contributed by atoms with Crippen molar-refractivity contribution in [3.05, 3.63) is 28.3 Å². The zero-order valence-corrected chi connectivity index (χ0v) is 10.8. The van der Waals surface area contributed by atoms with Crippen LogP contribution in [-0.4, -0.2) is 24.2 Å². The number of hydrogen-bond donors (Lipinski definition) is 3. The van der Waals surface area contributed by atoms with Crippen molar-refractivity contribution in [2.75, 3.05) is 17.9 Å². The van der Waals surface area contributed by atoms with Gasteiger partial charge in [-0.1, -0.05) is 6.07 Å². The van der Waals surface area contributed by atoms with Gasteiger partial charge in [-0.25, -0.2) is 0 Å². The highest BCUT2D eigenvalue weighted by Gasteiger charge is 2.27. The van der Waals surface area contributed by atoms with E-state index < -0.39 is 4.92 Å². The van der Waals surface area contributed by atoms with Crippen LogP contribution in [0.1, 0.15) is 19.3 Å². The van der Waals surface area contributed by atoms with Crippen LogP contribution >= 0.6 is 0 Å². The van der Waals surface area contributed by atoms with Crippen LogP contribution in [0.2, 0.25) is 0 Å². The van der Waals surface area contributed by atoms with Gasteiger partial charge in [0.25, 0.3) is 0 Å². The number of rotatable bonds is 5. The predicted molar refractivity (Wildman–Crippen MR) is 73.0 cm³/mol. The summed E-state index contributed by atoms with van der Waals surface area (Å²) in [6.45, 7) is 0. The summed E-state index contributed by atoms with van der Waals surface area (Å²) in [5, 5.41) is 14.4. The van der Waals surface area contributed by atoms with Gasteiger partial charge in [-0.05, 0) is 31.4 Å². The summed E-state index contributed by atoms with van der Waals surface area (Å²) in [5.41, 5.74) is 3.12. The van der Waals surface area contributed by atoms with Crippen molar-refractivity contribution < 1.29 is 9.66 Å². The van der Waals surface area contributed by atoms with E-state index in [9.17, 15) is 10.1 Å². The smallest absolute Gasteiger partial charge is 0.316 e. The number of anilines is 2. The minimum absolute atomic E-state index is 0.0223. The van der Waals surface area contributed by atoms with Gasteiger partial charge in [-0.3, -0.25) is 16.0 Å². The maximum Gasteiger partial charge on any atom is 0.316 e. The molecule has 2 rings (SSSR count). The average Bonchev–Trinajstić information content (AvgIpc) is 2.85. The molecule has 0 aromatic heterocycles. The van der Waals surface area contributed by atoms with Crippen molar-refractivity contribution in [2.45, 2.75) is 31.4 Å². The molecule has 0 saturated heterocycles. The highest BCUT2D eigenvalue weighted by atomic mass is 16.6. The largest absolute Gasteiger partial charge is 0.381 e. The molecule has 1 aliphatic rings. The van der Waals surface area contributed by atoms with E-state index in [4.69, 9.17) is 10.6 Å². The molecule has 7 heteroatoms. The lowest BCUT2D eigenvalue weighted by atomic mass is 10.2. The summed E-state index contributed by atoms with van der Waals surface area (Å²) in [7, 11) is 1.69. The van der Waals surface area contributed by atoms with Gasteiger partial charge in [0.15, 0.2) is 0 Å². The van der Waals surface area contributed by atoms with Crippen LogP contribution in [0.4, 0.5) is 17.1 Å². The Morgan fingerprint density at radius 1 is 1.42 bits per heavy atom. The number of methoxy groups -OCH3 is 1. The monoisotopic (exact) mass is 266 g/mol. The number of para-hydroxylation sites is 1. The maximum atomic E-state index is 11.1. The molecule has 0 bridgehead atoms. The Kier molecular flexibility index (Phi) is 4.18. The van der Waals surface area contributed by atoms with E-state index in [-0.39, 0.29) is 17.8 Å². The van der Waals surface area contributed by atoms with E-state index in [0.717, 1.165) is 19.3 Å². The molecule has 1 saturated carbocycles. The molecule has 0 radical (unpaired) electrons. The van der Waals surface area contributed by atoms with Crippen molar-refractivity contribution in [3.63, 3.8) is 0 Å². The summed E-state index contributed by atoms with van der Waals surface area (Å²) in [6.07, 6.45) is 2.99. The lowest BCUT2D eigenvalue weighted by Gasteiger charge is -2.15. The van der Waals surface area contributed by atoms with Crippen LogP contribution in [-0.2, 0) is 4.74 Å². The van der Waals surface area contributed by atoms with Gasteiger partial charge >= 0.3 is 5.69 Å². The van der Waals surface area contributed by atoms with E-state index in [1.807, 2.05) is 0 Å². The first-order valence-electron chi connectivity index (χ1n) is 6.19. The number of benzene rings is 1. The van der Waals surface area contributed by atoms with Crippen LogP contribution in [0.3, 0.4) is 0 Å². The Hall–Kier alpha value is -1.86. The molecule has 2 unspecified atom stereocenters. The van der Waals surface area contributed by atoms with Crippen LogP contribution in [0.5, 0.6) is 0 Å². The molecule has 2 atom stereocenters. The Morgan fingerprint density at radius 2 is 2.16 bits per heavy atom. The van der Waals surface area contributed by atoms with Crippen molar-refractivity contribution in [1.82, 2.24) is 0 Å². The molecule has 1 aliphatic carbocycles.